The molecule has 0 spiro atoms. The predicted octanol–water partition coefficient (Wildman–Crippen LogP) is 2.36. The molecule has 0 bridgehead atoms. The van der Waals surface area contributed by atoms with Crippen LogP contribution in [0.15, 0.2) is 48.5 Å². The number of benzene rings is 2. The van der Waals surface area contributed by atoms with Crippen LogP contribution in [0.25, 0.3) is 0 Å². The molecule has 1 saturated heterocycles. The van der Waals surface area contributed by atoms with Crippen molar-refractivity contribution in [2.24, 2.45) is 0 Å². The van der Waals surface area contributed by atoms with Gasteiger partial charge in [-0.15, -0.1) is 0 Å². The average Bonchev–Trinajstić information content (AvgIpc) is 2.94. The van der Waals surface area contributed by atoms with Crippen molar-refractivity contribution in [1.82, 2.24) is 15.5 Å². The minimum atomic E-state index is -0.885. The molecule has 0 radical (unpaired) electrons. The monoisotopic (exact) mass is 423 g/mol. The number of carbonyl (C=O) groups is 3. The Bertz CT molecular complexity index is 1020. The summed E-state index contributed by atoms with van der Waals surface area (Å²) < 4.78 is 11.6. The van der Waals surface area contributed by atoms with Crippen molar-refractivity contribution >= 4 is 17.8 Å². The highest BCUT2D eigenvalue weighted by molar-refractivity contribution is 6.06. The normalized spacial score (nSPS) is 21.6. The Morgan fingerprint density at radius 2 is 1.65 bits per heavy atom. The molecule has 2 atom stereocenters. The maximum atomic E-state index is 12.6. The number of urea groups is 1. The second kappa shape index (κ2) is 7.94. The third kappa shape index (κ3) is 4.19. The predicted molar refractivity (Wildman–Crippen MR) is 112 cm³/mol. The van der Waals surface area contributed by atoms with Crippen molar-refractivity contribution in [2.75, 3.05) is 0 Å². The van der Waals surface area contributed by atoms with E-state index in [9.17, 15) is 14.4 Å². The van der Waals surface area contributed by atoms with Crippen LogP contribution in [0.1, 0.15) is 31.9 Å². The molecule has 4 amide bonds. The third-order valence-electron chi connectivity index (χ3n) is 5.38. The molecule has 31 heavy (non-hydrogen) atoms. The summed E-state index contributed by atoms with van der Waals surface area (Å²) in [5, 5.41) is 5.54. The number of carbonyl (C=O) groups excluding carboxylic acids is 3. The molecule has 1 fully saturated rings. The SMILES string of the molecule is C[C@H]1Oc2ccccc2O[C@@H]1C(=O)NCc1ccc(CN2C(=O)NC(C)(C)C2=O)cc1. The molecule has 2 aliphatic rings. The van der Waals surface area contributed by atoms with Crippen molar-refractivity contribution in [1.29, 1.82) is 0 Å². The molecule has 162 valence electrons. The van der Waals surface area contributed by atoms with E-state index in [-0.39, 0.29) is 18.4 Å². The number of para-hydroxylation sites is 2. The van der Waals surface area contributed by atoms with Gasteiger partial charge in [0.1, 0.15) is 11.6 Å². The van der Waals surface area contributed by atoms with E-state index in [2.05, 4.69) is 10.6 Å². The fourth-order valence-electron chi connectivity index (χ4n) is 3.60. The van der Waals surface area contributed by atoms with Crippen LogP contribution in [0.5, 0.6) is 11.5 Å². The highest BCUT2D eigenvalue weighted by atomic mass is 16.6. The van der Waals surface area contributed by atoms with E-state index in [0.29, 0.717) is 18.0 Å². The first-order valence-corrected chi connectivity index (χ1v) is 10.2. The fourth-order valence-corrected chi connectivity index (χ4v) is 3.60. The molecular formula is C23H25N3O5. The zero-order valence-corrected chi connectivity index (χ0v) is 17.7. The largest absolute Gasteiger partial charge is 0.482 e. The zero-order chi connectivity index (χ0) is 22.2. The average molecular weight is 423 g/mol. The number of hydrogen-bond donors (Lipinski definition) is 2. The number of amides is 4. The molecule has 4 rings (SSSR count). The smallest absolute Gasteiger partial charge is 0.325 e. The van der Waals surface area contributed by atoms with E-state index in [1.54, 1.807) is 26.8 Å². The second-order valence-electron chi connectivity index (χ2n) is 8.29. The summed E-state index contributed by atoms with van der Waals surface area (Å²) in [6, 6.07) is 14.3. The van der Waals surface area contributed by atoms with Crippen LogP contribution in [-0.2, 0) is 22.7 Å². The Balaban J connectivity index is 1.33. The van der Waals surface area contributed by atoms with Crippen LogP contribution < -0.4 is 20.1 Å². The lowest BCUT2D eigenvalue weighted by Gasteiger charge is -2.31. The minimum absolute atomic E-state index is 0.199. The zero-order valence-electron chi connectivity index (χ0n) is 17.7. The summed E-state index contributed by atoms with van der Waals surface area (Å²) in [5.41, 5.74) is 0.828. The quantitative estimate of drug-likeness (QED) is 0.720. The summed E-state index contributed by atoms with van der Waals surface area (Å²) in [5.74, 6) is 0.670. The van der Waals surface area contributed by atoms with Crippen LogP contribution in [0, 0.1) is 0 Å². The van der Waals surface area contributed by atoms with Gasteiger partial charge in [0, 0.05) is 6.54 Å². The van der Waals surface area contributed by atoms with Gasteiger partial charge in [0.05, 0.1) is 6.54 Å². The first kappa shape index (κ1) is 20.7. The lowest BCUT2D eigenvalue weighted by molar-refractivity contribution is -0.133. The Morgan fingerprint density at radius 1 is 1.03 bits per heavy atom. The Morgan fingerprint density at radius 3 is 2.26 bits per heavy atom. The molecule has 2 aromatic carbocycles. The van der Waals surface area contributed by atoms with Crippen molar-refractivity contribution < 1.29 is 23.9 Å². The van der Waals surface area contributed by atoms with Crippen molar-refractivity contribution in [2.45, 2.75) is 51.6 Å². The van der Waals surface area contributed by atoms with E-state index < -0.39 is 23.8 Å². The van der Waals surface area contributed by atoms with E-state index in [0.717, 1.165) is 11.1 Å². The van der Waals surface area contributed by atoms with Gasteiger partial charge in [-0.2, -0.15) is 0 Å². The van der Waals surface area contributed by atoms with E-state index in [4.69, 9.17) is 9.47 Å². The van der Waals surface area contributed by atoms with Gasteiger partial charge in [-0.25, -0.2) is 4.79 Å². The molecule has 2 aliphatic heterocycles. The molecule has 0 saturated carbocycles. The number of ether oxygens (including phenoxy) is 2. The lowest BCUT2D eigenvalue weighted by Crippen LogP contribution is -2.48. The van der Waals surface area contributed by atoms with Crippen LogP contribution in [-0.4, -0.2) is 40.5 Å². The summed E-state index contributed by atoms with van der Waals surface area (Å²) >= 11 is 0. The highest BCUT2D eigenvalue weighted by Gasteiger charge is 2.44. The third-order valence-corrected chi connectivity index (χ3v) is 5.38. The van der Waals surface area contributed by atoms with Gasteiger partial charge in [0.15, 0.2) is 11.5 Å². The van der Waals surface area contributed by atoms with Gasteiger partial charge in [-0.05, 0) is 44.0 Å². The molecule has 2 aromatic rings. The molecule has 8 heteroatoms. The van der Waals surface area contributed by atoms with Gasteiger partial charge in [-0.1, -0.05) is 36.4 Å². The molecular weight excluding hydrogens is 398 g/mol. The lowest BCUT2D eigenvalue weighted by atomic mass is 10.1. The standard InChI is InChI=1S/C23H25N3O5/c1-14-19(31-18-7-5-4-6-17(18)30-14)20(27)24-12-15-8-10-16(11-9-15)13-26-21(28)23(2,3)25-22(26)29/h4-11,14,19H,12-13H2,1-3H3,(H,24,27)(H,25,29)/t14-,19+/m1/s1. The van der Waals surface area contributed by atoms with Gasteiger partial charge in [0.2, 0.25) is 6.10 Å². The van der Waals surface area contributed by atoms with Crippen LogP contribution in [0.4, 0.5) is 4.79 Å². The molecule has 0 aromatic heterocycles. The fraction of sp³-hybridized carbons (Fsp3) is 0.348. The van der Waals surface area contributed by atoms with Gasteiger partial charge in [0.25, 0.3) is 11.8 Å². The number of nitrogens with zero attached hydrogens (tertiary/aromatic N) is 1. The maximum absolute atomic E-state index is 12.6. The number of nitrogens with one attached hydrogen (secondary N) is 2. The highest BCUT2D eigenvalue weighted by Crippen LogP contribution is 2.33. The van der Waals surface area contributed by atoms with Crippen LogP contribution in [0.2, 0.25) is 0 Å². The van der Waals surface area contributed by atoms with Gasteiger partial charge in [-0.3, -0.25) is 14.5 Å². The molecule has 0 unspecified atom stereocenters. The van der Waals surface area contributed by atoms with Crippen molar-refractivity contribution in [3.8, 4) is 11.5 Å². The number of hydrogen-bond acceptors (Lipinski definition) is 5. The van der Waals surface area contributed by atoms with Crippen LogP contribution >= 0.6 is 0 Å². The first-order chi connectivity index (χ1) is 14.7. The Labute approximate surface area is 180 Å². The Kier molecular flexibility index (Phi) is 5.31. The molecule has 2 heterocycles. The molecule has 0 aliphatic carbocycles. The van der Waals surface area contributed by atoms with Gasteiger partial charge >= 0.3 is 6.03 Å². The second-order valence-corrected chi connectivity index (χ2v) is 8.29. The molecule has 8 nitrogen and oxygen atoms in total. The molecule has 2 N–H and O–H groups in total. The van der Waals surface area contributed by atoms with E-state index in [1.165, 1.54) is 4.90 Å². The maximum Gasteiger partial charge on any atom is 0.325 e. The van der Waals surface area contributed by atoms with Crippen LogP contribution in [0.3, 0.4) is 0 Å². The number of imide groups is 1. The topological polar surface area (TPSA) is 97.0 Å². The van der Waals surface area contributed by atoms with Gasteiger partial charge < -0.3 is 20.1 Å². The summed E-state index contributed by atoms with van der Waals surface area (Å²) in [7, 11) is 0. The minimum Gasteiger partial charge on any atom is -0.482 e. The summed E-state index contributed by atoms with van der Waals surface area (Å²) in [6.07, 6.45) is -1.15. The summed E-state index contributed by atoms with van der Waals surface area (Å²) in [4.78, 5) is 38.2. The van der Waals surface area contributed by atoms with Crippen molar-refractivity contribution in [3.05, 3.63) is 59.7 Å². The Hall–Kier alpha value is -3.55. The van der Waals surface area contributed by atoms with Crippen molar-refractivity contribution in [3.63, 3.8) is 0 Å². The van der Waals surface area contributed by atoms with E-state index >= 15 is 0 Å². The summed E-state index contributed by atoms with van der Waals surface area (Å²) in [6.45, 7) is 5.68. The van der Waals surface area contributed by atoms with E-state index in [1.807, 2.05) is 42.5 Å². The first-order valence-electron chi connectivity index (χ1n) is 10.2. The number of fused-ring (bicyclic) bond motifs is 1. The number of rotatable bonds is 5.